The summed E-state index contributed by atoms with van der Waals surface area (Å²) in [7, 11) is 6.14. The first-order valence-corrected chi connectivity index (χ1v) is 7.31. The minimum Gasteiger partial charge on any atom is -0.377 e. The van der Waals surface area contributed by atoms with Crippen LogP contribution < -0.4 is 10.6 Å². The van der Waals surface area contributed by atoms with Crippen LogP contribution in [0.15, 0.2) is 30.6 Å². The Bertz CT molecular complexity index is 631. The van der Waals surface area contributed by atoms with Gasteiger partial charge in [0.05, 0.1) is 6.20 Å². The minimum absolute atomic E-state index is 0.292. The Balaban J connectivity index is 1.90. The van der Waals surface area contributed by atoms with Gasteiger partial charge in [-0.25, -0.2) is 0 Å². The van der Waals surface area contributed by atoms with Crippen molar-refractivity contribution in [3.63, 3.8) is 0 Å². The maximum Gasteiger partial charge on any atom is 0.0534 e. The molecular weight excluding hydrogens is 262 g/mol. The van der Waals surface area contributed by atoms with Crippen LogP contribution in [0.4, 0.5) is 5.69 Å². The number of nitrogens with zero attached hydrogens (tertiary/aromatic N) is 4. The fourth-order valence-electron chi connectivity index (χ4n) is 3.24. The Morgan fingerprint density at radius 1 is 1.38 bits per heavy atom. The molecule has 0 spiro atoms. The van der Waals surface area contributed by atoms with Gasteiger partial charge in [0.1, 0.15) is 0 Å². The third-order valence-electron chi connectivity index (χ3n) is 4.20. The van der Waals surface area contributed by atoms with Gasteiger partial charge in [0.2, 0.25) is 0 Å². The highest BCUT2D eigenvalue weighted by Crippen LogP contribution is 2.38. The van der Waals surface area contributed by atoms with Crippen LogP contribution in [0, 0.1) is 0 Å². The Labute approximate surface area is 126 Å². The number of aromatic nitrogens is 2. The van der Waals surface area contributed by atoms with Crippen LogP contribution in [0.3, 0.4) is 0 Å². The number of rotatable bonds is 4. The average Bonchev–Trinajstić information content (AvgIpc) is 3.01. The molecule has 5 heteroatoms. The molecule has 0 aliphatic carbocycles. The zero-order valence-corrected chi connectivity index (χ0v) is 13.0. The lowest BCUT2D eigenvalue weighted by Gasteiger charge is -2.22. The molecule has 0 radical (unpaired) electrons. The van der Waals surface area contributed by atoms with Crippen molar-refractivity contribution in [1.29, 1.82) is 0 Å². The van der Waals surface area contributed by atoms with Gasteiger partial charge in [0.15, 0.2) is 0 Å². The molecule has 1 atom stereocenters. The van der Waals surface area contributed by atoms with Crippen LogP contribution in [0.5, 0.6) is 0 Å². The van der Waals surface area contributed by atoms with Gasteiger partial charge in [-0.3, -0.25) is 9.58 Å². The summed E-state index contributed by atoms with van der Waals surface area (Å²) >= 11 is 0. The molecule has 1 aliphatic rings. The first-order valence-electron chi connectivity index (χ1n) is 7.31. The average molecular weight is 285 g/mol. The first-order chi connectivity index (χ1) is 10.1. The molecular formula is C16H23N5. The van der Waals surface area contributed by atoms with E-state index in [1.165, 1.54) is 22.4 Å². The van der Waals surface area contributed by atoms with Gasteiger partial charge in [-0.05, 0) is 17.2 Å². The molecule has 2 aromatic rings. The molecule has 1 aliphatic heterocycles. The van der Waals surface area contributed by atoms with Gasteiger partial charge in [-0.15, -0.1) is 0 Å². The summed E-state index contributed by atoms with van der Waals surface area (Å²) in [6.07, 6.45) is 4.01. The second-order valence-corrected chi connectivity index (χ2v) is 5.92. The minimum atomic E-state index is 0.292. The number of aryl methyl sites for hydroxylation is 1. The van der Waals surface area contributed by atoms with Crippen LogP contribution in [-0.4, -0.2) is 35.3 Å². The number of hydrogen-bond acceptors (Lipinski definition) is 4. The Morgan fingerprint density at radius 2 is 2.19 bits per heavy atom. The predicted molar refractivity (Wildman–Crippen MR) is 85.0 cm³/mol. The van der Waals surface area contributed by atoms with E-state index in [1.54, 1.807) is 0 Å². The molecule has 0 saturated carbocycles. The van der Waals surface area contributed by atoms with E-state index in [0.29, 0.717) is 12.6 Å². The molecule has 2 N–H and O–H groups in total. The zero-order chi connectivity index (χ0) is 15.0. The standard InChI is InChI=1S/C16H23N5/c1-19(2)15-6-4-5-13-14(15)11-21(16(13)7-17)10-12-8-18-20(3)9-12/h4-6,8-9,16H,7,10-11,17H2,1-3H3. The van der Waals surface area contributed by atoms with E-state index in [9.17, 15) is 0 Å². The van der Waals surface area contributed by atoms with Crippen molar-refractivity contribution >= 4 is 5.69 Å². The fraction of sp³-hybridized carbons (Fsp3) is 0.438. The molecule has 1 aromatic heterocycles. The van der Waals surface area contributed by atoms with Crippen molar-refractivity contribution < 1.29 is 0 Å². The van der Waals surface area contributed by atoms with Gasteiger partial charge in [-0.2, -0.15) is 5.10 Å². The number of hydrogen-bond donors (Lipinski definition) is 1. The SMILES string of the molecule is CN(C)c1cccc2c1CN(Cc1cnn(C)c1)C2CN. The third-order valence-corrected chi connectivity index (χ3v) is 4.20. The Morgan fingerprint density at radius 3 is 2.81 bits per heavy atom. The van der Waals surface area contributed by atoms with E-state index >= 15 is 0 Å². The topological polar surface area (TPSA) is 50.3 Å². The highest BCUT2D eigenvalue weighted by Gasteiger charge is 2.31. The van der Waals surface area contributed by atoms with Gasteiger partial charge >= 0.3 is 0 Å². The molecule has 2 heterocycles. The molecule has 1 unspecified atom stereocenters. The highest BCUT2D eigenvalue weighted by atomic mass is 15.3. The third kappa shape index (κ3) is 2.54. The molecule has 0 fully saturated rings. The molecule has 1 aromatic carbocycles. The lowest BCUT2D eigenvalue weighted by molar-refractivity contribution is 0.211. The lowest BCUT2D eigenvalue weighted by atomic mass is 10.0. The summed E-state index contributed by atoms with van der Waals surface area (Å²) in [5, 5.41) is 4.25. The number of nitrogens with two attached hydrogens (primary N) is 1. The first kappa shape index (κ1) is 14.1. The van der Waals surface area contributed by atoms with E-state index < -0.39 is 0 Å². The van der Waals surface area contributed by atoms with Crippen molar-refractivity contribution in [2.24, 2.45) is 12.8 Å². The van der Waals surface area contributed by atoms with E-state index in [1.807, 2.05) is 17.9 Å². The Kier molecular flexibility index (Phi) is 3.69. The van der Waals surface area contributed by atoms with Gasteiger partial charge in [0.25, 0.3) is 0 Å². The zero-order valence-electron chi connectivity index (χ0n) is 13.0. The van der Waals surface area contributed by atoms with Crippen LogP contribution in [0.2, 0.25) is 0 Å². The summed E-state index contributed by atoms with van der Waals surface area (Å²) in [6, 6.07) is 6.81. The maximum atomic E-state index is 6.05. The molecule has 3 rings (SSSR count). The lowest BCUT2D eigenvalue weighted by Crippen LogP contribution is -2.27. The summed E-state index contributed by atoms with van der Waals surface area (Å²) in [4.78, 5) is 4.62. The van der Waals surface area contributed by atoms with Gasteiger partial charge < -0.3 is 10.6 Å². The van der Waals surface area contributed by atoms with Crippen molar-refractivity contribution in [3.8, 4) is 0 Å². The van der Waals surface area contributed by atoms with E-state index in [2.05, 4.69) is 53.4 Å². The fourth-order valence-corrected chi connectivity index (χ4v) is 3.24. The van der Waals surface area contributed by atoms with Crippen LogP contribution in [0.25, 0.3) is 0 Å². The van der Waals surface area contributed by atoms with Crippen LogP contribution in [0.1, 0.15) is 22.7 Å². The van der Waals surface area contributed by atoms with Crippen molar-refractivity contribution in [1.82, 2.24) is 14.7 Å². The predicted octanol–water partition coefficient (Wildman–Crippen LogP) is 1.50. The largest absolute Gasteiger partial charge is 0.377 e. The van der Waals surface area contributed by atoms with E-state index in [-0.39, 0.29) is 0 Å². The summed E-state index contributed by atoms with van der Waals surface area (Å²) < 4.78 is 1.85. The Hall–Kier alpha value is -1.85. The molecule has 21 heavy (non-hydrogen) atoms. The quantitative estimate of drug-likeness (QED) is 0.925. The maximum absolute atomic E-state index is 6.05. The summed E-state index contributed by atoms with van der Waals surface area (Å²) in [5.74, 6) is 0. The second-order valence-electron chi connectivity index (χ2n) is 5.92. The number of benzene rings is 1. The van der Waals surface area contributed by atoms with Crippen LogP contribution >= 0.6 is 0 Å². The van der Waals surface area contributed by atoms with Crippen LogP contribution in [-0.2, 0) is 20.1 Å². The number of anilines is 1. The monoisotopic (exact) mass is 285 g/mol. The normalized spacial score (nSPS) is 18.0. The van der Waals surface area contributed by atoms with Crippen molar-refractivity contribution in [2.45, 2.75) is 19.1 Å². The number of fused-ring (bicyclic) bond motifs is 1. The van der Waals surface area contributed by atoms with Crippen molar-refractivity contribution in [2.75, 3.05) is 25.5 Å². The van der Waals surface area contributed by atoms with Gasteiger partial charge in [0, 0.05) is 64.3 Å². The molecule has 0 amide bonds. The van der Waals surface area contributed by atoms with E-state index in [0.717, 1.165) is 13.1 Å². The van der Waals surface area contributed by atoms with Crippen molar-refractivity contribution in [3.05, 3.63) is 47.3 Å². The molecule has 112 valence electrons. The van der Waals surface area contributed by atoms with Gasteiger partial charge in [-0.1, -0.05) is 12.1 Å². The second kappa shape index (κ2) is 5.50. The summed E-state index contributed by atoms with van der Waals surface area (Å²) in [6.45, 7) is 2.47. The molecule has 0 bridgehead atoms. The highest BCUT2D eigenvalue weighted by molar-refractivity contribution is 5.58. The summed E-state index contributed by atoms with van der Waals surface area (Å²) in [5.41, 5.74) is 11.3. The van der Waals surface area contributed by atoms with E-state index in [4.69, 9.17) is 5.73 Å². The smallest absolute Gasteiger partial charge is 0.0534 e. The molecule has 5 nitrogen and oxygen atoms in total. The molecule has 0 saturated heterocycles.